The van der Waals surface area contributed by atoms with E-state index in [4.69, 9.17) is 14.2 Å². The molecule has 1 fully saturated rings. The molecular formula is C32H38F4N4O6S. The number of thiazole rings is 1. The third-order valence-electron chi connectivity index (χ3n) is 7.95. The molecule has 1 saturated carbocycles. The van der Waals surface area contributed by atoms with E-state index in [1.807, 2.05) is 0 Å². The first-order valence-electron chi connectivity index (χ1n) is 15.0. The molecule has 2 heterocycles. The number of amides is 1. The molecule has 0 atom stereocenters. The smallest absolute Gasteiger partial charge is 0.421 e. The van der Waals surface area contributed by atoms with Crippen LogP contribution in [0.2, 0.25) is 0 Å². The van der Waals surface area contributed by atoms with E-state index in [2.05, 4.69) is 16.9 Å². The van der Waals surface area contributed by atoms with E-state index < -0.39 is 58.6 Å². The molecular weight excluding hydrogens is 644 g/mol. The number of aromatic carboxylic acids is 1. The predicted octanol–water partition coefficient (Wildman–Crippen LogP) is 6.66. The van der Waals surface area contributed by atoms with E-state index in [9.17, 15) is 27.9 Å². The highest BCUT2D eigenvalue weighted by atomic mass is 32.1. The number of methoxy groups -OCH3 is 2. The van der Waals surface area contributed by atoms with Gasteiger partial charge in [-0.15, -0.1) is 11.3 Å². The molecule has 47 heavy (non-hydrogen) atoms. The summed E-state index contributed by atoms with van der Waals surface area (Å²) >= 11 is 1.34. The van der Waals surface area contributed by atoms with Gasteiger partial charge in [0.15, 0.2) is 16.7 Å². The van der Waals surface area contributed by atoms with Gasteiger partial charge in [0.25, 0.3) is 0 Å². The Morgan fingerprint density at radius 3 is 2.30 bits per heavy atom. The summed E-state index contributed by atoms with van der Waals surface area (Å²) in [5, 5.41) is 12.6. The van der Waals surface area contributed by atoms with Crippen LogP contribution >= 0.6 is 11.3 Å². The van der Waals surface area contributed by atoms with Crippen molar-refractivity contribution in [2.45, 2.75) is 51.2 Å². The first-order chi connectivity index (χ1) is 22.2. The topological polar surface area (TPSA) is 114 Å². The number of alkyl halides is 3. The number of anilines is 2. The van der Waals surface area contributed by atoms with E-state index in [1.54, 1.807) is 24.4 Å². The van der Waals surface area contributed by atoms with Crippen LogP contribution in [0.4, 0.5) is 28.4 Å². The summed E-state index contributed by atoms with van der Waals surface area (Å²) in [6, 6.07) is 1.57. The van der Waals surface area contributed by atoms with E-state index in [-0.39, 0.29) is 30.9 Å². The summed E-state index contributed by atoms with van der Waals surface area (Å²) in [4.78, 5) is 37.6. The Morgan fingerprint density at radius 1 is 1.09 bits per heavy atom. The molecule has 0 bridgehead atoms. The second kappa shape index (κ2) is 15.4. The average molecular weight is 683 g/mol. The summed E-state index contributed by atoms with van der Waals surface area (Å²) in [6.07, 6.45) is -0.992. The Labute approximate surface area is 274 Å². The van der Waals surface area contributed by atoms with Crippen LogP contribution < -0.4 is 14.5 Å². The number of ether oxygens (including phenoxy) is 3. The quantitative estimate of drug-likeness (QED) is 0.198. The van der Waals surface area contributed by atoms with E-state index in [0.717, 1.165) is 37.2 Å². The lowest BCUT2D eigenvalue weighted by atomic mass is 9.82. The van der Waals surface area contributed by atoms with E-state index in [0.29, 0.717) is 29.6 Å². The fourth-order valence-corrected chi connectivity index (χ4v) is 6.30. The number of carbonyl (C=O) groups is 2. The van der Waals surface area contributed by atoms with Crippen LogP contribution in [-0.2, 0) is 26.9 Å². The van der Waals surface area contributed by atoms with Crippen LogP contribution in [0.25, 0.3) is 0 Å². The molecule has 0 saturated heterocycles. The molecule has 1 amide bonds. The maximum atomic E-state index is 15.8. The minimum atomic E-state index is -4.94. The molecule has 0 unspecified atom stereocenters. The zero-order valence-electron chi connectivity index (χ0n) is 26.8. The minimum Gasteiger partial charge on any atom is -0.478 e. The van der Waals surface area contributed by atoms with Crippen LogP contribution in [0.1, 0.15) is 59.8 Å². The maximum absolute atomic E-state index is 15.8. The standard InChI is InChI=1S/C32H38F4N4O6S/c1-18-6-8-20(9-7-18)29(41)40(22(15-44-4)16-45-5)26-13-25(33)27(12-23(26)30(42)43)46-28-24(32(34,35)36)11-19(14-37-28)10-21-17-47-31(38-21)39(2)3/h11-14,17-18,20,22H,6-10,15-16H2,1-5H3,(H,42,43). The molecule has 0 aliphatic heterocycles. The fourth-order valence-electron chi connectivity index (χ4n) is 5.55. The van der Waals surface area contributed by atoms with Gasteiger partial charge >= 0.3 is 12.1 Å². The third-order valence-corrected chi connectivity index (χ3v) is 9.01. The number of benzene rings is 1. The highest BCUT2D eigenvalue weighted by Gasteiger charge is 2.38. The molecule has 1 N–H and O–H groups in total. The third kappa shape index (κ3) is 8.76. The number of pyridine rings is 1. The Morgan fingerprint density at radius 2 is 1.74 bits per heavy atom. The molecule has 2 aromatic heterocycles. The predicted molar refractivity (Wildman–Crippen MR) is 168 cm³/mol. The van der Waals surface area contributed by atoms with Gasteiger partial charge in [-0.2, -0.15) is 13.2 Å². The number of rotatable bonds is 13. The van der Waals surface area contributed by atoms with Crippen molar-refractivity contribution in [1.82, 2.24) is 9.97 Å². The Balaban J connectivity index is 1.73. The van der Waals surface area contributed by atoms with Crippen molar-refractivity contribution in [2.24, 2.45) is 11.8 Å². The Hall–Kier alpha value is -3.82. The number of hydrogen-bond donors (Lipinski definition) is 1. The minimum absolute atomic E-state index is 0.0514. The lowest BCUT2D eigenvalue weighted by molar-refractivity contribution is -0.139. The molecule has 3 aromatic rings. The molecule has 256 valence electrons. The number of carboxylic acid groups (broad SMARTS) is 1. The van der Waals surface area contributed by atoms with Gasteiger partial charge in [0.2, 0.25) is 11.8 Å². The number of halogens is 4. The molecule has 4 rings (SSSR count). The fraction of sp³-hybridized carbons (Fsp3) is 0.500. The van der Waals surface area contributed by atoms with Gasteiger partial charge in [0.05, 0.1) is 36.2 Å². The summed E-state index contributed by atoms with van der Waals surface area (Å²) in [7, 11) is 6.39. The van der Waals surface area contributed by atoms with Crippen molar-refractivity contribution < 1.29 is 46.5 Å². The van der Waals surface area contributed by atoms with Crippen molar-refractivity contribution in [1.29, 1.82) is 0 Å². The van der Waals surface area contributed by atoms with E-state index >= 15 is 4.39 Å². The molecule has 0 radical (unpaired) electrons. The van der Waals surface area contributed by atoms with Crippen LogP contribution in [0.15, 0.2) is 29.8 Å². The largest absolute Gasteiger partial charge is 0.478 e. The highest BCUT2D eigenvalue weighted by Crippen LogP contribution is 2.40. The molecule has 15 heteroatoms. The van der Waals surface area contributed by atoms with Gasteiger partial charge in [-0.05, 0) is 43.2 Å². The lowest BCUT2D eigenvalue weighted by Crippen LogP contribution is -2.49. The van der Waals surface area contributed by atoms with Gasteiger partial charge in [-0.25, -0.2) is 19.2 Å². The number of nitrogens with zero attached hydrogens (tertiary/aromatic N) is 4. The number of carboxylic acids is 1. The van der Waals surface area contributed by atoms with Crippen LogP contribution in [0.3, 0.4) is 0 Å². The average Bonchev–Trinajstić information content (AvgIpc) is 3.48. The SMILES string of the molecule is COCC(COC)N(C(=O)C1CCC(C)CC1)c1cc(F)c(Oc2ncc(Cc3csc(N(C)C)n3)cc2C(F)(F)F)cc1C(=O)O. The molecule has 1 aliphatic carbocycles. The van der Waals surface area contributed by atoms with Gasteiger partial charge < -0.3 is 29.1 Å². The Bertz CT molecular complexity index is 1550. The number of carbonyl (C=O) groups excluding carboxylic acids is 1. The van der Waals surface area contributed by atoms with Crippen molar-refractivity contribution in [2.75, 3.05) is 51.3 Å². The number of aromatic nitrogens is 2. The zero-order valence-corrected chi connectivity index (χ0v) is 27.6. The molecule has 1 aromatic carbocycles. The van der Waals surface area contributed by atoms with Crippen LogP contribution in [0, 0.1) is 17.7 Å². The first-order valence-corrected chi connectivity index (χ1v) is 15.8. The first kappa shape index (κ1) is 36.0. The normalized spacial score (nSPS) is 16.7. The van der Waals surface area contributed by atoms with Gasteiger partial charge in [-0.3, -0.25) is 4.79 Å². The van der Waals surface area contributed by atoms with Crippen LogP contribution in [0.5, 0.6) is 11.6 Å². The number of hydrogen-bond acceptors (Lipinski definition) is 9. The molecule has 10 nitrogen and oxygen atoms in total. The molecule has 0 spiro atoms. The van der Waals surface area contributed by atoms with Gasteiger partial charge in [0.1, 0.15) is 5.56 Å². The second-order valence-corrected chi connectivity index (χ2v) is 12.7. The zero-order chi connectivity index (χ0) is 34.5. The summed E-state index contributed by atoms with van der Waals surface area (Å²) in [5.74, 6) is -4.94. The lowest BCUT2D eigenvalue weighted by Gasteiger charge is -2.36. The van der Waals surface area contributed by atoms with Crippen LogP contribution in [-0.4, -0.2) is 74.5 Å². The monoisotopic (exact) mass is 682 g/mol. The Kier molecular flexibility index (Phi) is 11.8. The summed E-state index contributed by atoms with van der Waals surface area (Å²) < 4.78 is 74.2. The second-order valence-electron chi connectivity index (χ2n) is 11.8. The summed E-state index contributed by atoms with van der Waals surface area (Å²) in [6.45, 7) is 1.98. The van der Waals surface area contributed by atoms with Crippen molar-refractivity contribution >= 4 is 34.0 Å². The van der Waals surface area contributed by atoms with Gasteiger partial charge in [0, 0.05) is 64.4 Å². The highest BCUT2D eigenvalue weighted by molar-refractivity contribution is 7.13. The van der Waals surface area contributed by atoms with Crippen molar-refractivity contribution in [3.8, 4) is 11.6 Å². The van der Waals surface area contributed by atoms with Gasteiger partial charge in [-0.1, -0.05) is 6.92 Å². The van der Waals surface area contributed by atoms with Crippen molar-refractivity contribution in [3.63, 3.8) is 0 Å². The van der Waals surface area contributed by atoms with E-state index in [1.165, 1.54) is 30.5 Å². The summed E-state index contributed by atoms with van der Waals surface area (Å²) in [5.41, 5.74) is -1.39. The van der Waals surface area contributed by atoms with Crippen molar-refractivity contribution in [3.05, 3.63) is 58.0 Å². The molecule has 1 aliphatic rings. The maximum Gasteiger partial charge on any atom is 0.421 e.